The van der Waals surface area contributed by atoms with E-state index < -0.39 is 0 Å². The summed E-state index contributed by atoms with van der Waals surface area (Å²) in [6.45, 7) is 14.4. The van der Waals surface area contributed by atoms with Gasteiger partial charge in [-0.2, -0.15) is 0 Å². The van der Waals surface area contributed by atoms with Crippen LogP contribution in [0.25, 0.3) is 0 Å². The fourth-order valence-corrected chi connectivity index (χ4v) is 9.50. The predicted octanol–water partition coefficient (Wildman–Crippen LogP) is 21.0. The van der Waals surface area contributed by atoms with Crippen molar-refractivity contribution in [1.29, 1.82) is 0 Å². The lowest BCUT2D eigenvalue weighted by Crippen LogP contribution is -2.32. The largest absolute Gasteiger partial charge is 0.374 e. The molecule has 0 aliphatic heterocycles. The molecule has 0 saturated heterocycles. The topological polar surface area (TPSA) is 9.23 Å². The minimum Gasteiger partial charge on any atom is -0.374 e. The summed E-state index contributed by atoms with van der Waals surface area (Å²) in [5.74, 6) is 1.40. The van der Waals surface area contributed by atoms with E-state index >= 15 is 0 Å². The van der Waals surface area contributed by atoms with Gasteiger partial charge in [-0.15, -0.1) is 0 Å². The molecule has 0 bridgehead atoms. The van der Waals surface area contributed by atoms with Crippen molar-refractivity contribution in [3.63, 3.8) is 0 Å². The lowest BCUT2D eigenvalue weighted by Gasteiger charge is -2.33. The zero-order chi connectivity index (χ0) is 41.5. The number of unbranched alkanes of at least 4 members (excludes halogenated alkanes) is 38. The molecule has 0 saturated carbocycles. The molecule has 0 aliphatic carbocycles. The Morgan fingerprint density at radius 2 is 0.368 bits per heavy atom. The van der Waals surface area contributed by atoms with Gasteiger partial charge in [-0.05, 0) is 37.5 Å². The van der Waals surface area contributed by atoms with Gasteiger partial charge in [-0.3, -0.25) is 0 Å². The Morgan fingerprint density at radius 3 is 0.561 bits per heavy atom. The molecule has 0 radical (unpaired) electrons. The van der Waals surface area contributed by atoms with E-state index in [9.17, 15) is 0 Å². The SMILES string of the molecule is CCCCCCCCCCCCCCCC(OC(CCCCCCCCCCCCCCC)C(C)CCCCCCCCCC)C(C)CCCCCCCCCC. The minimum atomic E-state index is 0.468. The van der Waals surface area contributed by atoms with Crippen molar-refractivity contribution in [2.24, 2.45) is 11.8 Å². The van der Waals surface area contributed by atoms with Crippen molar-refractivity contribution < 1.29 is 4.74 Å². The van der Waals surface area contributed by atoms with E-state index in [0.717, 1.165) is 0 Å². The maximum atomic E-state index is 7.43. The molecule has 0 N–H and O–H groups in total. The summed E-state index contributed by atoms with van der Waals surface area (Å²) < 4.78 is 7.43. The molecule has 0 aromatic heterocycles. The summed E-state index contributed by atoms with van der Waals surface area (Å²) in [6.07, 6.45) is 66.5. The van der Waals surface area contributed by atoms with Crippen molar-refractivity contribution in [1.82, 2.24) is 0 Å². The summed E-state index contributed by atoms with van der Waals surface area (Å²) in [5, 5.41) is 0. The van der Waals surface area contributed by atoms with Gasteiger partial charge in [-0.1, -0.05) is 311 Å². The van der Waals surface area contributed by atoms with E-state index in [1.165, 1.54) is 295 Å². The second kappa shape index (κ2) is 48.6. The number of hydrogen-bond donors (Lipinski definition) is 0. The standard InChI is InChI=1S/C56H114O/c1-7-11-15-19-23-27-29-31-33-35-39-43-47-51-55(53(5)49-45-41-37-25-21-17-13-9-3)57-56(54(6)50-46-42-38-26-22-18-14-10-4)52-48-44-40-36-34-32-30-28-24-20-16-12-8-2/h53-56H,7-52H2,1-6H3. The highest BCUT2D eigenvalue weighted by atomic mass is 16.5. The first-order valence-corrected chi connectivity index (χ1v) is 27.8. The monoisotopic (exact) mass is 803 g/mol. The molecule has 344 valence electrons. The highest BCUT2D eigenvalue weighted by Gasteiger charge is 2.25. The summed E-state index contributed by atoms with van der Waals surface area (Å²) in [7, 11) is 0. The molecule has 0 aliphatic rings. The molecule has 4 atom stereocenters. The molecular weight excluding hydrogens is 689 g/mol. The van der Waals surface area contributed by atoms with Crippen LogP contribution in [0.5, 0.6) is 0 Å². The smallest absolute Gasteiger partial charge is 0.0604 e. The first-order chi connectivity index (χ1) is 28.1. The molecule has 57 heavy (non-hydrogen) atoms. The quantitative estimate of drug-likeness (QED) is 0.0557. The van der Waals surface area contributed by atoms with Crippen LogP contribution in [0.1, 0.15) is 337 Å². The minimum absolute atomic E-state index is 0.468. The Labute approximate surface area is 364 Å². The molecule has 0 amide bonds. The summed E-state index contributed by atoms with van der Waals surface area (Å²) in [4.78, 5) is 0. The van der Waals surface area contributed by atoms with E-state index in [2.05, 4.69) is 41.5 Å². The van der Waals surface area contributed by atoms with Crippen LogP contribution < -0.4 is 0 Å². The van der Waals surface area contributed by atoms with Crippen LogP contribution in [-0.4, -0.2) is 12.2 Å². The normalized spacial score (nSPS) is 14.0. The molecule has 0 spiro atoms. The van der Waals surface area contributed by atoms with Crippen molar-refractivity contribution in [3.8, 4) is 0 Å². The van der Waals surface area contributed by atoms with E-state index in [1.807, 2.05) is 0 Å². The van der Waals surface area contributed by atoms with E-state index in [-0.39, 0.29) is 0 Å². The molecular formula is C56H114O. The van der Waals surface area contributed by atoms with E-state index in [0.29, 0.717) is 24.0 Å². The van der Waals surface area contributed by atoms with Crippen molar-refractivity contribution in [2.75, 3.05) is 0 Å². The second-order valence-corrected chi connectivity index (χ2v) is 19.8. The summed E-state index contributed by atoms with van der Waals surface area (Å²) >= 11 is 0. The van der Waals surface area contributed by atoms with Crippen molar-refractivity contribution in [3.05, 3.63) is 0 Å². The molecule has 1 heteroatoms. The Morgan fingerprint density at radius 1 is 0.211 bits per heavy atom. The average Bonchev–Trinajstić information content (AvgIpc) is 3.21. The average molecular weight is 804 g/mol. The third-order valence-electron chi connectivity index (χ3n) is 13.8. The molecule has 0 heterocycles. The van der Waals surface area contributed by atoms with Crippen LogP contribution in [0.3, 0.4) is 0 Å². The highest BCUT2D eigenvalue weighted by molar-refractivity contribution is 4.75. The van der Waals surface area contributed by atoms with Gasteiger partial charge in [0.1, 0.15) is 0 Å². The number of ether oxygens (including phenoxy) is 1. The van der Waals surface area contributed by atoms with Gasteiger partial charge in [-0.25, -0.2) is 0 Å². The Balaban J connectivity index is 5.00. The maximum Gasteiger partial charge on any atom is 0.0604 e. The fourth-order valence-electron chi connectivity index (χ4n) is 9.50. The Kier molecular flexibility index (Phi) is 48.6. The lowest BCUT2D eigenvalue weighted by molar-refractivity contribution is -0.0745. The van der Waals surface area contributed by atoms with Gasteiger partial charge in [0.15, 0.2) is 0 Å². The molecule has 0 fully saturated rings. The third kappa shape index (κ3) is 42.4. The Hall–Kier alpha value is -0.0400. The zero-order valence-electron chi connectivity index (χ0n) is 41.2. The van der Waals surface area contributed by atoms with Gasteiger partial charge < -0.3 is 4.74 Å². The summed E-state index contributed by atoms with van der Waals surface area (Å²) in [5.41, 5.74) is 0. The van der Waals surface area contributed by atoms with Crippen LogP contribution in [0, 0.1) is 11.8 Å². The molecule has 0 rings (SSSR count). The van der Waals surface area contributed by atoms with Crippen LogP contribution in [-0.2, 0) is 4.74 Å². The van der Waals surface area contributed by atoms with Gasteiger partial charge in [0.25, 0.3) is 0 Å². The zero-order valence-corrected chi connectivity index (χ0v) is 41.2. The van der Waals surface area contributed by atoms with Crippen LogP contribution in [0.4, 0.5) is 0 Å². The lowest BCUT2D eigenvalue weighted by atomic mass is 9.90. The van der Waals surface area contributed by atoms with Crippen LogP contribution in [0.15, 0.2) is 0 Å². The van der Waals surface area contributed by atoms with Gasteiger partial charge >= 0.3 is 0 Å². The number of rotatable bonds is 50. The first-order valence-electron chi connectivity index (χ1n) is 27.8. The summed E-state index contributed by atoms with van der Waals surface area (Å²) in [6, 6.07) is 0. The molecule has 1 nitrogen and oxygen atoms in total. The maximum absolute atomic E-state index is 7.43. The highest BCUT2D eigenvalue weighted by Crippen LogP contribution is 2.29. The van der Waals surface area contributed by atoms with Crippen molar-refractivity contribution in [2.45, 2.75) is 349 Å². The fraction of sp³-hybridized carbons (Fsp3) is 1.00. The van der Waals surface area contributed by atoms with Crippen LogP contribution >= 0.6 is 0 Å². The molecule has 0 aromatic carbocycles. The molecule has 0 aromatic rings. The molecule has 4 unspecified atom stereocenters. The first kappa shape index (κ1) is 57.0. The third-order valence-corrected chi connectivity index (χ3v) is 13.8. The number of hydrogen-bond acceptors (Lipinski definition) is 1. The van der Waals surface area contributed by atoms with E-state index in [4.69, 9.17) is 4.74 Å². The van der Waals surface area contributed by atoms with Gasteiger partial charge in [0.2, 0.25) is 0 Å². The van der Waals surface area contributed by atoms with Crippen LogP contribution in [0.2, 0.25) is 0 Å². The van der Waals surface area contributed by atoms with Gasteiger partial charge in [0.05, 0.1) is 12.2 Å². The second-order valence-electron chi connectivity index (χ2n) is 19.8. The Bertz CT molecular complexity index is 643. The van der Waals surface area contributed by atoms with E-state index in [1.54, 1.807) is 0 Å². The van der Waals surface area contributed by atoms with Gasteiger partial charge in [0, 0.05) is 0 Å². The predicted molar refractivity (Wildman–Crippen MR) is 262 cm³/mol. The van der Waals surface area contributed by atoms with Crippen molar-refractivity contribution >= 4 is 0 Å².